The molecule has 2 aromatic rings. The van der Waals surface area contributed by atoms with Crippen LogP contribution in [0.3, 0.4) is 0 Å². The fourth-order valence-electron chi connectivity index (χ4n) is 2.96. The van der Waals surface area contributed by atoms with Gasteiger partial charge in [-0.2, -0.15) is 0 Å². The van der Waals surface area contributed by atoms with Crippen LogP contribution in [-0.2, 0) is 20.6 Å². The van der Waals surface area contributed by atoms with Crippen LogP contribution in [0.2, 0.25) is 0 Å². The van der Waals surface area contributed by atoms with Crippen LogP contribution < -0.4 is 9.62 Å². The van der Waals surface area contributed by atoms with Crippen molar-refractivity contribution < 1.29 is 27.5 Å². The van der Waals surface area contributed by atoms with Gasteiger partial charge in [0.1, 0.15) is 11.4 Å². The SMILES string of the molecule is Cc1cc(CS(=O)(=O)NC(=O)C2CN(c3ccncc3C(=O)O)C2)ccc1F. The third kappa shape index (κ3) is 4.28. The maximum Gasteiger partial charge on any atom is 0.339 e. The number of aromatic carboxylic acids is 1. The van der Waals surface area contributed by atoms with Gasteiger partial charge < -0.3 is 10.0 Å². The second-order valence-electron chi connectivity index (χ2n) is 6.61. The van der Waals surface area contributed by atoms with E-state index in [2.05, 4.69) is 4.98 Å². The molecule has 2 N–H and O–H groups in total. The molecule has 8 nitrogen and oxygen atoms in total. The van der Waals surface area contributed by atoms with Crippen LogP contribution in [0.1, 0.15) is 21.5 Å². The summed E-state index contributed by atoms with van der Waals surface area (Å²) in [5.41, 5.74) is 1.13. The molecule has 1 saturated heterocycles. The highest BCUT2D eigenvalue weighted by molar-refractivity contribution is 7.89. The molecule has 1 fully saturated rings. The van der Waals surface area contributed by atoms with Crippen LogP contribution in [0.25, 0.3) is 0 Å². The number of hydrogen-bond acceptors (Lipinski definition) is 6. The van der Waals surface area contributed by atoms with Gasteiger partial charge in [0.15, 0.2) is 0 Å². The van der Waals surface area contributed by atoms with Gasteiger partial charge in [-0.3, -0.25) is 14.5 Å². The number of aromatic nitrogens is 1. The van der Waals surface area contributed by atoms with Crippen LogP contribution in [0.4, 0.5) is 10.1 Å². The molecule has 28 heavy (non-hydrogen) atoms. The van der Waals surface area contributed by atoms with E-state index in [0.29, 0.717) is 16.8 Å². The molecule has 1 aromatic carbocycles. The Balaban J connectivity index is 1.60. The van der Waals surface area contributed by atoms with Crippen molar-refractivity contribution >= 4 is 27.6 Å². The Morgan fingerprint density at radius 1 is 1.32 bits per heavy atom. The van der Waals surface area contributed by atoms with Crippen molar-refractivity contribution in [3.8, 4) is 0 Å². The molecule has 2 heterocycles. The average molecular weight is 407 g/mol. The van der Waals surface area contributed by atoms with Crippen molar-refractivity contribution in [2.24, 2.45) is 5.92 Å². The van der Waals surface area contributed by atoms with Crippen molar-refractivity contribution in [1.29, 1.82) is 0 Å². The Morgan fingerprint density at radius 2 is 2.04 bits per heavy atom. The predicted molar refractivity (Wildman–Crippen MR) is 98.8 cm³/mol. The summed E-state index contributed by atoms with van der Waals surface area (Å²) in [4.78, 5) is 28.9. The highest BCUT2D eigenvalue weighted by atomic mass is 32.2. The van der Waals surface area contributed by atoms with Crippen molar-refractivity contribution in [2.45, 2.75) is 12.7 Å². The van der Waals surface area contributed by atoms with Crippen molar-refractivity contribution in [3.63, 3.8) is 0 Å². The summed E-state index contributed by atoms with van der Waals surface area (Å²) in [6, 6.07) is 5.49. The predicted octanol–water partition coefficient (Wildman–Crippen LogP) is 1.31. The molecule has 1 aliphatic rings. The summed E-state index contributed by atoms with van der Waals surface area (Å²) in [6.45, 7) is 1.92. The van der Waals surface area contributed by atoms with Crippen LogP contribution in [0.15, 0.2) is 36.7 Å². The lowest BCUT2D eigenvalue weighted by Gasteiger charge is -2.40. The summed E-state index contributed by atoms with van der Waals surface area (Å²) in [5.74, 6) is -3.24. The third-order valence-corrected chi connectivity index (χ3v) is 5.68. The van der Waals surface area contributed by atoms with Gasteiger partial charge in [-0.1, -0.05) is 12.1 Å². The van der Waals surface area contributed by atoms with Crippen LogP contribution in [-0.4, -0.2) is 43.5 Å². The number of amides is 1. The van der Waals surface area contributed by atoms with E-state index < -0.39 is 39.4 Å². The Kier molecular flexibility index (Phi) is 5.32. The van der Waals surface area contributed by atoms with Crippen molar-refractivity contribution in [1.82, 2.24) is 9.71 Å². The number of halogens is 1. The maximum absolute atomic E-state index is 13.3. The molecular formula is C18H18FN3O5S. The molecule has 1 amide bonds. The number of pyridine rings is 1. The van der Waals surface area contributed by atoms with Gasteiger partial charge in [0, 0.05) is 25.5 Å². The number of sulfonamides is 1. The number of carboxylic acids is 1. The van der Waals surface area contributed by atoms with E-state index in [0.717, 1.165) is 0 Å². The molecule has 10 heteroatoms. The molecule has 3 rings (SSSR count). The standard InChI is InChI=1S/C18H18FN3O5S/c1-11-6-12(2-3-15(11)19)10-28(26,27)21-17(23)13-8-22(9-13)16-4-5-20-7-14(16)18(24)25/h2-7,13H,8-10H2,1H3,(H,21,23)(H,24,25). The lowest BCUT2D eigenvalue weighted by molar-refractivity contribution is -0.123. The van der Waals surface area contributed by atoms with E-state index in [1.165, 1.54) is 43.6 Å². The van der Waals surface area contributed by atoms with Gasteiger partial charge in [0.25, 0.3) is 0 Å². The summed E-state index contributed by atoms with van der Waals surface area (Å²) in [5, 5.41) is 9.19. The number of carboxylic acid groups (broad SMARTS) is 1. The lowest BCUT2D eigenvalue weighted by atomic mass is 9.98. The number of anilines is 1. The highest BCUT2D eigenvalue weighted by Crippen LogP contribution is 2.27. The zero-order valence-electron chi connectivity index (χ0n) is 14.9. The van der Waals surface area contributed by atoms with Gasteiger partial charge >= 0.3 is 5.97 Å². The molecular weight excluding hydrogens is 389 g/mol. The molecule has 148 valence electrons. The maximum atomic E-state index is 13.3. The topological polar surface area (TPSA) is 117 Å². The lowest BCUT2D eigenvalue weighted by Crippen LogP contribution is -2.55. The Bertz CT molecular complexity index is 1040. The van der Waals surface area contributed by atoms with E-state index in [4.69, 9.17) is 0 Å². The molecule has 1 aliphatic heterocycles. The number of nitrogens with one attached hydrogen (secondary N) is 1. The van der Waals surface area contributed by atoms with E-state index in [9.17, 15) is 27.5 Å². The molecule has 0 saturated carbocycles. The second-order valence-corrected chi connectivity index (χ2v) is 8.33. The van der Waals surface area contributed by atoms with Crippen molar-refractivity contribution in [2.75, 3.05) is 18.0 Å². The Labute approximate surface area is 161 Å². The normalized spacial score (nSPS) is 14.4. The number of nitrogens with zero attached hydrogens (tertiary/aromatic N) is 2. The molecule has 0 bridgehead atoms. The van der Waals surface area contributed by atoms with E-state index in [-0.39, 0.29) is 18.7 Å². The number of rotatable bonds is 6. The van der Waals surface area contributed by atoms with Crippen molar-refractivity contribution in [3.05, 3.63) is 59.2 Å². The highest BCUT2D eigenvalue weighted by Gasteiger charge is 2.36. The molecule has 0 atom stereocenters. The van der Waals surface area contributed by atoms with Gasteiger partial charge in [-0.25, -0.2) is 17.6 Å². The van der Waals surface area contributed by atoms with E-state index in [1.807, 2.05) is 4.72 Å². The largest absolute Gasteiger partial charge is 0.478 e. The minimum atomic E-state index is -3.93. The summed E-state index contributed by atoms with van der Waals surface area (Å²) in [7, 11) is -3.93. The number of carbonyl (C=O) groups excluding carboxylic acids is 1. The number of benzene rings is 1. The third-order valence-electron chi connectivity index (χ3n) is 4.46. The van der Waals surface area contributed by atoms with Crippen LogP contribution in [0.5, 0.6) is 0 Å². The number of hydrogen-bond donors (Lipinski definition) is 2. The van der Waals surface area contributed by atoms with Gasteiger partial charge in [0.05, 0.1) is 17.4 Å². The molecule has 0 radical (unpaired) electrons. The fraction of sp³-hybridized carbons (Fsp3) is 0.278. The van der Waals surface area contributed by atoms with Gasteiger partial charge in [0.2, 0.25) is 15.9 Å². The first-order chi connectivity index (χ1) is 13.2. The van der Waals surface area contributed by atoms with E-state index in [1.54, 1.807) is 4.90 Å². The van der Waals surface area contributed by atoms with Gasteiger partial charge in [-0.05, 0) is 30.2 Å². The zero-order chi connectivity index (χ0) is 20.5. The summed E-state index contributed by atoms with van der Waals surface area (Å²) in [6.07, 6.45) is 2.67. The minimum absolute atomic E-state index is 0.0145. The minimum Gasteiger partial charge on any atom is -0.478 e. The summed E-state index contributed by atoms with van der Waals surface area (Å²) < 4.78 is 39.8. The Morgan fingerprint density at radius 3 is 2.68 bits per heavy atom. The van der Waals surface area contributed by atoms with Crippen LogP contribution >= 0.6 is 0 Å². The Hall–Kier alpha value is -3.01. The molecule has 0 aliphatic carbocycles. The zero-order valence-corrected chi connectivity index (χ0v) is 15.7. The second kappa shape index (κ2) is 7.55. The first-order valence-electron chi connectivity index (χ1n) is 8.38. The summed E-state index contributed by atoms with van der Waals surface area (Å²) >= 11 is 0. The van der Waals surface area contributed by atoms with E-state index >= 15 is 0 Å². The molecule has 1 aromatic heterocycles. The van der Waals surface area contributed by atoms with Crippen LogP contribution in [0, 0.1) is 18.7 Å². The quantitative estimate of drug-likeness (QED) is 0.741. The van der Waals surface area contributed by atoms with Gasteiger partial charge in [-0.15, -0.1) is 0 Å². The number of aryl methyl sites for hydroxylation is 1. The smallest absolute Gasteiger partial charge is 0.339 e. The average Bonchev–Trinajstić information content (AvgIpc) is 2.56. The monoisotopic (exact) mass is 407 g/mol. The first-order valence-corrected chi connectivity index (χ1v) is 10.0. The molecule has 0 spiro atoms. The number of carbonyl (C=O) groups is 2. The molecule has 0 unspecified atom stereocenters. The first kappa shape index (κ1) is 19.7. The fourth-order valence-corrected chi connectivity index (χ4v) is 4.12.